The van der Waals surface area contributed by atoms with Crippen LogP contribution in [0.4, 0.5) is 0 Å². The van der Waals surface area contributed by atoms with Gasteiger partial charge in [0, 0.05) is 5.38 Å². The van der Waals surface area contributed by atoms with Gasteiger partial charge in [0.15, 0.2) is 0 Å². The summed E-state index contributed by atoms with van der Waals surface area (Å²) in [5, 5.41) is 16.8. The Bertz CT molecular complexity index is 1140. The molecule has 148 valence electrons. The van der Waals surface area contributed by atoms with Crippen molar-refractivity contribution in [3.8, 4) is 0 Å². The second-order valence-electron chi connectivity index (χ2n) is 6.68. The summed E-state index contributed by atoms with van der Waals surface area (Å²) in [5.74, 6) is 0.642. The average molecular weight is 425 g/mol. The lowest BCUT2D eigenvalue weighted by atomic mass is 10.0. The van der Waals surface area contributed by atoms with Crippen LogP contribution in [0.15, 0.2) is 57.5 Å². The SMILES string of the molecule is Cc1nc(Cc2nnc(SCC(=O)N[C@H](C)c3ccc4ccccc4c3)o2)cs1. The van der Waals surface area contributed by atoms with Crippen LogP contribution in [0.25, 0.3) is 10.8 Å². The molecule has 0 unspecified atom stereocenters. The van der Waals surface area contributed by atoms with Crippen LogP contribution in [0, 0.1) is 6.92 Å². The first kappa shape index (κ1) is 19.6. The van der Waals surface area contributed by atoms with E-state index in [0.29, 0.717) is 17.5 Å². The van der Waals surface area contributed by atoms with Gasteiger partial charge in [0.1, 0.15) is 0 Å². The van der Waals surface area contributed by atoms with Crippen LogP contribution >= 0.6 is 23.1 Å². The molecule has 4 rings (SSSR count). The zero-order chi connectivity index (χ0) is 20.2. The molecule has 0 spiro atoms. The van der Waals surface area contributed by atoms with Gasteiger partial charge in [0.25, 0.3) is 5.22 Å². The minimum Gasteiger partial charge on any atom is -0.416 e. The highest BCUT2D eigenvalue weighted by Crippen LogP contribution is 2.21. The molecule has 1 N–H and O–H groups in total. The largest absolute Gasteiger partial charge is 0.416 e. The van der Waals surface area contributed by atoms with Gasteiger partial charge in [-0.3, -0.25) is 4.79 Å². The summed E-state index contributed by atoms with van der Waals surface area (Å²) < 4.78 is 5.61. The predicted molar refractivity (Wildman–Crippen MR) is 115 cm³/mol. The van der Waals surface area contributed by atoms with Gasteiger partial charge in [-0.2, -0.15) is 0 Å². The summed E-state index contributed by atoms with van der Waals surface area (Å²) in [6.45, 7) is 3.94. The van der Waals surface area contributed by atoms with E-state index in [2.05, 4.69) is 44.8 Å². The maximum atomic E-state index is 12.3. The molecule has 0 saturated carbocycles. The number of carbonyl (C=O) groups excluding carboxylic acids is 1. The van der Waals surface area contributed by atoms with Crippen molar-refractivity contribution in [3.05, 3.63) is 70.0 Å². The average Bonchev–Trinajstić information content (AvgIpc) is 3.34. The van der Waals surface area contributed by atoms with Gasteiger partial charge in [-0.1, -0.05) is 48.2 Å². The van der Waals surface area contributed by atoms with E-state index >= 15 is 0 Å². The Morgan fingerprint density at radius 3 is 2.83 bits per heavy atom. The molecule has 0 fully saturated rings. The van der Waals surface area contributed by atoms with Gasteiger partial charge in [-0.05, 0) is 36.2 Å². The van der Waals surface area contributed by atoms with Crippen molar-refractivity contribution in [2.24, 2.45) is 0 Å². The first-order valence-corrected chi connectivity index (χ1v) is 11.1. The summed E-state index contributed by atoms with van der Waals surface area (Å²) in [4.78, 5) is 16.7. The smallest absolute Gasteiger partial charge is 0.277 e. The molecule has 0 bridgehead atoms. The zero-order valence-electron chi connectivity index (χ0n) is 16.1. The summed E-state index contributed by atoms with van der Waals surface area (Å²) in [7, 11) is 0. The lowest BCUT2D eigenvalue weighted by Crippen LogP contribution is -2.28. The number of hydrogen-bond donors (Lipinski definition) is 1. The van der Waals surface area contributed by atoms with Crippen LogP contribution in [-0.4, -0.2) is 26.8 Å². The third kappa shape index (κ3) is 5.02. The Morgan fingerprint density at radius 2 is 2.03 bits per heavy atom. The van der Waals surface area contributed by atoms with E-state index in [0.717, 1.165) is 21.7 Å². The molecule has 0 radical (unpaired) electrons. The number of hydrogen-bond acceptors (Lipinski definition) is 7. The quantitative estimate of drug-likeness (QED) is 0.439. The number of carbonyl (C=O) groups is 1. The van der Waals surface area contributed by atoms with Gasteiger partial charge in [-0.15, -0.1) is 21.5 Å². The zero-order valence-corrected chi connectivity index (χ0v) is 17.7. The molecule has 0 saturated heterocycles. The third-order valence-corrected chi connectivity index (χ3v) is 6.07. The van der Waals surface area contributed by atoms with E-state index in [1.165, 1.54) is 17.1 Å². The van der Waals surface area contributed by atoms with Crippen LogP contribution in [0.2, 0.25) is 0 Å². The maximum absolute atomic E-state index is 12.3. The van der Waals surface area contributed by atoms with Gasteiger partial charge in [0.2, 0.25) is 11.8 Å². The van der Waals surface area contributed by atoms with E-state index in [1.54, 1.807) is 11.3 Å². The monoisotopic (exact) mass is 424 g/mol. The lowest BCUT2D eigenvalue weighted by molar-refractivity contribution is -0.119. The van der Waals surface area contributed by atoms with Crippen molar-refractivity contribution in [2.75, 3.05) is 5.75 Å². The fraction of sp³-hybridized carbons (Fsp3) is 0.238. The molecule has 4 aromatic rings. The third-order valence-electron chi connectivity index (χ3n) is 4.42. The van der Waals surface area contributed by atoms with Crippen LogP contribution in [0.1, 0.15) is 35.1 Å². The standard InChI is InChI=1S/C21H20N4O2S2/c1-13(16-8-7-15-5-3-4-6-17(15)9-16)22-19(26)12-29-21-25-24-20(27-21)10-18-11-28-14(2)23-18/h3-9,11,13H,10,12H2,1-2H3,(H,22,26)/t13-/m1/s1. The number of rotatable bonds is 7. The van der Waals surface area contributed by atoms with Gasteiger partial charge >= 0.3 is 0 Å². The predicted octanol–water partition coefficient (Wildman–Crippen LogP) is 4.55. The molecule has 0 aliphatic heterocycles. The summed E-state index contributed by atoms with van der Waals surface area (Å²) in [5.41, 5.74) is 1.98. The van der Waals surface area contributed by atoms with E-state index in [4.69, 9.17) is 4.42 Å². The molecule has 29 heavy (non-hydrogen) atoms. The highest BCUT2D eigenvalue weighted by Gasteiger charge is 2.14. The molecule has 0 aliphatic carbocycles. The van der Waals surface area contributed by atoms with Crippen molar-refractivity contribution in [1.29, 1.82) is 0 Å². The van der Waals surface area contributed by atoms with Gasteiger partial charge in [0.05, 0.1) is 28.9 Å². The minimum absolute atomic E-state index is 0.0782. The molecule has 6 nitrogen and oxygen atoms in total. The lowest BCUT2D eigenvalue weighted by Gasteiger charge is -2.14. The van der Waals surface area contributed by atoms with Crippen molar-refractivity contribution in [3.63, 3.8) is 0 Å². The van der Waals surface area contributed by atoms with Crippen LogP contribution in [0.5, 0.6) is 0 Å². The highest BCUT2D eigenvalue weighted by atomic mass is 32.2. The number of aromatic nitrogens is 3. The van der Waals surface area contributed by atoms with E-state index in [1.807, 2.05) is 37.4 Å². The summed E-state index contributed by atoms with van der Waals surface area (Å²) in [6, 6.07) is 14.3. The first-order valence-electron chi connectivity index (χ1n) is 9.21. The second-order valence-corrected chi connectivity index (χ2v) is 8.67. The number of nitrogens with zero attached hydrogens (tertiary/aromatic N) is 3. The van der Waals surface area contributed by atoms with E-state index in [-0.39, 0.29) is 17.7 Å². The number of fused-ring (bicyclic) bond motifs is 1. The van der Waals surface area contributed by atoms with Gasteiger partial charge < -0.3 is 9.73 Å². The first-order chi connectivity index (χ1) is 14.1. The Balaban J connectivity index is 1.30. The second kappa shape index (κ2) is 8.75. The molecular formula is C21H20N4O2S2. The number of amides is 1. The van der Waals surface area contributed by atoms with Crippen molar-refractivity contribution in [1.82, 2.24) is 20.5 Å². The molecule has 0 aliphatic rings. The van der Waals surface area contributed by atoms with Crippen molar-refractivity contribution < 1.29 is 9.21 Å². The summed E-state index contributed by atoms with van der Waals surface area (Å²) >= 11 is 2.82. The number of thiazole rings is 1. The number of nitrogens with one attached hydrogen (secondary N) is 1. The Labute approximate surface area is 176 Å². The number of aryl methyl sites for hydroxylation is 1. The fourth-order valence-corrected chi connectivity index (χ4v) is 4.19. The molecular weight excluding hydrogens is 404 g/mol. The van der Waals surface area contributed by atoms with Crippen LogP contribution in [0.3, 0.4) is 0 Å². The van der Waals surface area contributed by atoms with Crippen molar-refractivity contribution in [2.45, 2.75) is 31.5 Å². The van der Waals surface area contributed by atoms with Crippen LogP contribution in [-0.2, 0) is 11.2 Å². The fourth-order valence-electron chi connectivity index (χ4n) is 2.98. The van der Waals surface area contributed by atoms with Gasteiger partial charge in [-0.25, -0.2) is 4.98 Å². The normalized spacial score (nSPS) is 12.2. The number of thioether (sulfide) groups is 1. The Morgan fingerprint density at radius 1 is 1.21 bits per heavy atom. The maximum Gasteiger partial charge on any atom is 0.277 e. The molecule has 2 heterocycles. The molecule has 1 atom stereocenters. The van der Waals surface area contributed by atoms with Crippen LogP contribution < -0.4 is 5.32 Å². The molecule has 1 amide bonds. The van der Waals surface area contributed by atoms with Crippen molar-refractivity contribution >= 4 is 39.8 Å². The molecule has 2 aromatic carbocycles. The summed E-state index contributed by atoms with van der Waals surface area (Å²) in [6.07, 6.45) is 0.503. The van der Waals surface area contributed by atoms with E-state index < -0.39 is 0 Å². The molecule has 2 aromatic heterocycles. The number of benzene rings is 2. The highest BCUT2D eigenvalue weighted by molar-refractivity contribution is 7.99. The minimum atomic E-state index is -0.0844. The molecule has 8 heteroatoms. The Hall–Kier alpha value is -2.71. The van der Waals surface area contributed by atoms with E-state index in [9.17, 15) is 4.79 Å². The Kier molecular flexibility index (Phi) is 5.92. The topological polar surface area (TPSA) is 80.9 Å².